The maximum atomic E-state index is 5.58. The van der Waals surface area contributed by atoms with E-state index in [2.05, 4.69) is 28.1 Å². The van der Waals surface area contributed by atoms with Crippen LogP contribution in [0.25, 0.3) is 0 Å². The highest BCUT2D eigenvalue weighted by atomic mass is 79.9. The van der Waals surface area contributed by atoms with Crippen LogP contribution in [-0.2, 0) is 6.54 Å². The summed E-state index contributed by atoms with van der Waals surface area (Å²) in [6.07, 6.45) is 0. The van der Waals surface area contributed by atoms with Crippen molar-refractivity contribution in [3.63, 3.8) is 0 Å². The number of rotatable bonds is 2. The third-order valence-electron chi connectivity index (χ3n) is 2.89. The van der Waals surface area contributed by atoms with Crippen LogP contribution in [0.3, 0.4) is 0 Å². The van der Waals surface area contributed by atoms with Gasteiger partial charge in [-0.2, -0.15) is 0 Å². The van der Waals surface area contributed by atoms with Crippen molar-refractivity contribution in [2.45, 2.75) is 6.54 Å². The van der Waals surface area contributed by atoms with Crippen molar-refractivity contribution in [3.8, 4) is 0 Å². The van der Waals surface area contributed by atoms with E-state index in [1.807, 2.05) is 15.9 Å². The molecule has 1 saturated heterocycles. The van der Waals surface area contributed by atoms with Crippen molar-refractivity contribution in [2.24, 2.45) is 11.5 Å². The molecule has 0 radical (unpaired) electrons. The number of thiophene rings is 1. The smallest absolute Gasteiger partial charge is 0.325 e. The molecular formula is C10H17BrN4S+2. The summed E-state index contributed by atoms with van der Waals surface area (Å²) in [5, 5.41) is 0. The average molecular weight is 305 g/mol. The predicted molar refractivity (Wildman–Crippen MR) is 69.8 cm³/mol. The molecule has 0 unspecified atom stereocenters. The van der Waals surface area contributed by atoms with Gasteiger partial charge in [0.15, 0.2) is 0 Å². The highest BCUT2D eigenvalue weighted by molar-refractivity contribution is 9.11. The third kappa shape index (κ3) is 2.96. The molecular weight excluding hydrogens is 288 g/mol. The van der Waals surface area contributed by atoms with E-state index in [1.54, 1.807) is 4.90 Å². The number of piperazine rings is 1. The molecule has 1 aliphatic heterocycles. The highest BCUT2D eigenvalue weighted by Gasteiger charge is 2.20. The fraction of sp³-hybridized carbons (Fsp3) is 0.500. The van der Waals surface area contributed by atoms with Crippen LogP contribution in [0, 0.1) is 0 Å². The molecule has 1 aromatic rings. The molecule has 16 heavy (non-hydrogen) atoms. The maximum Gasteiger partial charge on any atom is 0.341 e. The van der Waals surface area contributed by atoms with Crippen LogP contribution in [0.1, 0.15) is 4.88 Å². The number of hydrogen-bond donors (Lipinski definition) is 3. The van der Waals surface area contributed by atoms with Crippen LogP contribution in [0.15, 0.2) is 15.9 Å². The molecule has 88 valence electrons. The molecule has 0 atom stereocenters. The molecule has 0 saturated carbocycles. The van der Waals surface area contributed by atoms with E-state index in [0.717, 1.165) is 32.7 Å². The quantitative estimate of drug-likeness (QED) is 0.495. The Morgan fingerprint density at radius 3 is 2.56 bits per heavy atom. The Morgan fingerprint density at radius 1 is 1.38 bits per heavy atom. The summed E-state index contributed by atoms with van der Waals surface area (Å²) in [6.45, 7) is 5.24. The van der Waals surface area contributed by atoms with Crippen LogP contribution in [-0.4, -0.2) is 36.7 Å². The lowest BCUT2D eigenvalue weighted by Gasteiger charge is -2.24. The largest absolute Gasteiger partial charge is 0.341 e. The van der Waals surface area contributed by atoms with Crippen molar-refractivity contribution in [1.82, 2.24) is 0 Å². The standard InChI is InChI=1S/C10H15BrN4S/c11-9-2-1-8(16-9)7-14-3-5-15(6-4-14)10(12)13/h1-2H,3-7H2,(H3,12,13)/p+2. The molecule has 0 bridgehead atoms. The minimum atomic E-state index is 0.456. The van der Waals surface area contributed by atoms with Crippen LogP contribution < -0.4 is 16.4 Å². The minimum Gasteiger partial charge on any atom is -0.325 e. The Labute approximate surface area is 108 Å². The molecule has 1 aliphatic rings. The van der Waals surface area contributed by atoms with E-state index in [1.165, 1.54) is 8.66 Å². The lowest BCUT2D eigenvalue weighted by Crippen LogP contribution is -3.13. The van der Waals surface area contributed by atoms with Gasteiger partial charge in [-0.1, -0.05) is 0 Å². The van der Waals surface area contributed by atoms with E-state index >= 15 is 0 Å². The maximum absolute atomic E-state index is 5.58. The van der Waals surface area contributed by atoms with Crippen molar-refractivity contribution in [3.05, 3.63) is 20.8 Å². The molecule has 0 aliphatic carbocycles. The van der Waals surface area contributed by atoms with Gasteiger partial charge in [0.1, 0.15) is 32.7 Å². The van der Waals surface area contributed by atoms with Gasteiger partial charge in [0.05, 0.1) is 8.66 Å². The zero-order valence-electron chi connectivity index (χ0n) is 9.08. The number of nitrogens with two attached hydrogens (primary N) is 2. The molecule has 1 aromatic heterocycles. The zero-order valence-corrected chi connectivity index (χ0v) is 11.5. The SMILES string of the molecule is NC(N)=[N+]1CC[NH+](Cc2ccc(Br)s2)CC1. The van der Waals surface area contributed by atoms with E-state index in [9.17, 15) is 0 Å². The van der Waals surface area contributed by atoms with Crippen molar-refractivity contribution < 1.29 is 9.48 Å². The Kier molecular flexibility index (Phi) is 3.83. The Hall–Kier alpha value is -0.590. The number of hydrogen-bond acceptors (Lipinski definition) is 1. The predicted octanol–water partition coefficient (Wildman–Crippen LogP) is -0.805. The first kappa shape index (κ1) is 11.9. The molecule has 2 rings (SSSR count). The molecule has 0 spiro atoms. The second-order valence-electron chi connectivity index (χ2n) is 4.04. The van der Waals surface area contributed by atoms with Gasteiger partial charge in [0.25, 0.3) is 0 Å². The molecule has 4 nitrogen and oxygen atoms in total. The zero-order chi connectivity index (χ0) is 11.5. The van der Waals surface area contributed by atoms with Crippen LogP contribution >= 0.6 is 27.3 Å². The van der Waals surface area contributed by atoms with E-state index in [-0.39, 0.29) is 0 Å². The van der Waals surface area contributed by atoms with Gasteiger partial charge in [-0.15, -0.1) is 11.3 Å². The van der Waals surface area contributed by atoms with Crippen LogP contribution in [0.5, 0.6) is 0 Å². The fourth-order valence-electron chi connectivity index (χ4n) is 1.95. The summed E-state index contributed by atoms with van der Waals surface area (Å²) in [7, 11) is 0. The minimum absolute atomic E-state index is 0.456. The first-order valence-corrected chi connectivity index (χ1v) is 6.97. The third-order valence-corrected chi connectivity index (χ3v) is 4.51. The summed E-state index contributed by atoms with van der Waals surface area (Å²) in [6, 6.07) is 4.30. The molecule has 5 N–H and O–H groups in total. The van der Waals surface area contributed by atoms with Crippen molar-refractivity contribution in [2.75, 3.05) is 26.2 Å². The second kappa shape index (κ2) is 5.16. The van der Waals surface area contributed by atoms with Gasteiger partial charge in [-0.3, -0.25) is 16.0 Å². The Morgan fingerprint density at radius 2 is 2.06 bits per heavy atom. The van der Waals surface area contributed by atoms with E-state index < -0.39 is 0 Å². The van der Waals surface area contributed by atoms with Gasteiger partial charge in [-0.25, -0.2) is 0 Å². The number of nitrogens with one attached hydrogen (secondary N) is 1. The highest BCUT2D eigenvalue weighted by Crippen LogP contribution is 2.21. The normalized spacial score (nSPS) is 21.1. The molecule has 1 fully saturated rings. The molecule has 0 aromatic carbocycles. The van der Waals surface area contributed by atoms with Crippen LogP contribution in [0.4, 0.5) is 0 Å². The van der Waals surface area contributed by atoms with Crippen LogP contribution in [0.2, 0.25) is 0 Å². The number of halogens is 1. The van der Waals surface area contributed by atoms with Gasteiger partial charge >= 0.3 is 5.96 Å². The molecule has 0 amide bonds. The van der Waals surface area contributed by atoms with Gasteiger partial charge in [0, 0.05) is 0 Å². The van der Waals surface area contributed by atoms with E-state index in [0.29, 0.717) is 5.96 Å². The lowest BCUT2D eigenvalue weighted by atomic mass is 10.3. The number of nitrogens with zero attached hydrogens (tertiary/aromatic N) is 1. The second-order valence-corrected chi connectivity index (χ2v) is 6.59. The van der Waals surface area contributed by atoms with Crippen molar-refractivity contribution in [1.29, 1.82) is 0 Å². The lowest BCUT2D eigenvalue weighted by molar-refractivity contribution is -0.943. The number of guanidine groups is 1. The van der Waals surface area contributed by atoms with Gasteiger partial charge in [0.2, 0.25) is 0 Å². The Balaban J connectivity index is 1.88. The molecule has 2 heterocycles. The van der Waals surface area contributed by atoms with Gasteiger partial charge < -0.3 is 4.90 Å². The summed E-state index contributed by atoms with van der Waals surface area (Å²) in [5.41, 5.74) is 11.2. The first-order chi connectivity index (χ1) is 7.65. The Bertz CT molecular complexity index is 387. The fourth-order valence-corrected chi connectivity index (χ4v) is 3.51. The first-order valence-electron chi connectivity index (χ1n) is 5.36. The molecule has 6 heteroatoms. The summed E-state index contributed by atoms with van der Waals surface area (Å²) in [4.78, 5) is 3.03. The van der Waals surface area contributed by atoms with Gasteiger partial charge in [-0.05, 0) is 28.1 Å². The topological polar surface area (TPSA) is 59.5 Å². The number of quaternary nitrogens is 1. The summed E-state index contributed by atoms with van der Waals surface area (Å²) < 4.78 is 3.26. The monoisotopic (exact) mass is 304 g/mol. The van der Waals surface area contributed by atoms with E-state index in [4.69, 9.17) is 11.5 Å². The summed E-state index contributed by atoms with van der Waals surface area (Å²) in [5.74, 6) is 0.456. The summed E-state index contributed by atoms with van der Waals surface area (Å²) >= 11 is 5.31. The van der Waals surface area contributed by atoms with Crippen molar-refractivity contribution >= 4 is 33.2 Å². The average Bonchev–Trinajstić information content (AvgIpc) is 2.65.